The Labute approximate surface area is 104 Å². The Hall–Kier alpha value is -1.45. The molecule has 0 bridgehead atoms. The molecule has 0 saturated heterocycles. The van der Waals surface area contributed by atoms with E-state index in [9.17, 15) is 20.2 Å². The molecule has 0 heterocycles. The maximum atomic E-state index is 10.8. The van der Waals surface area contributed by atoms with Gasteiger partial charge in [0, 0.05) is 29.8 Å². The summed E-state index contributed by atoms with van der Waals surface area (Å²) >= 11 is 1.81. The van der Waals surface area contributed by atoms with E-state index in [1.807, 2.05) is 22.6 Å². The van der Waals surface area contributed by atoms with Gasteiger partial charge in [-0.2, -0.15) is 0 Å². The third-order valence-electron chi connectivity index (χ3n) is 1.88. The number of hydrogen-bond acceptors (Lipinski definition) is 5. The second kappa shape index (κ2) is 4.60. The molecule has 1 aromatic carbocycles. The molecule has 0 saturated carbocycles. The molecule has 0 radical (unpaired) electrons. The van der Waals surface area contributed by atoms with Gasteiger partial charge in [-0.3, -0.25) is 20.2 Å². The van der Waals surface area contributed by atoms with Crippen molar-refractivity contribution in [3.8, 4) is 0 Å². The lowest BCUT2D eigenvalue weighted by Gasteiger charge is -2.12. The first-order chi connectivity index (χ1) is 7.34. The van der Waals surface area contributed by atoms with Crippen LogP contribution < -0.4 is 4.90 Å². The summed E-state index contributed by atoms with van der Waals surface area (Å²) in [5, 5.41) is 21.6. The van der Waals surface area contributed by atoms with E-state index in [1.165, 1.54) is 31.1 Å². The Morgan fingerprint density at radius 1 is 1.12 bits per heavy atom. The molecule has 8 heteroatoms. The first-order valence-corrected chi connectivity index (χ1v) is 5.22. The van der Waals surface area contributed by atoms with E-state index in [1.54, 1.807) is 0 Å². The Kier molecular flexibility index (Phi) is 3.62. The molecule has 1 aromatic rings. The third-order valence-corrected chi connectivity index (χ3v) is 2.50. The summed E-state index contributed by atoms with van der Waals surface area (Å²) in [6, 6.07) is 2.62. The van der Waals surface area contributed by atoms with Crippen molar-refractivity contribution < 1.29 is 9.85 Å². The zero-order chi connectivity index (χ0) is 12.5. The van der Waals surface area contributed by atoms with Gasteiger partial charge in [0.1, 0.15) is 0 Å². The quantitative estimate of drug-likeness (QED) is 0.479. The number of rotatable bonds is 3. The van der Waals surface area contributed by atoms with Crippen molar-refractivity contribution in [3.63, 3.8) is 0 Å². The SMILES string of the molecule is CN(C)c1c([N+](=O)[O-])cc(I)cc1[N+](=O)[O-]. The van der Waals surface area contributed by atoms with Crippen LogP contribution in [0.1, 0.15) is 0 Å². The predicted octanol–water partition coefficient (Wildman–Crippen LogP) is 2.17. The lowest BCUT2D eigenvalue weighted by molar-refractivity contribution is -0.392. The standard InChI is InChI=1S/C8H8IN3O4/c1-10(2)8-6(11(13)14)3-5(9)4-7(8)12(15)16/h3-4H,1-2H3. The van der Waals surface area contributed by atoms with Gasteiger partial charge in [0.25, 0.3) is 0 Å². The minimum atomic E-state index is -0.621. The van der Waals surface area contributed by atoms with Crippen LogP contribution in [0.5, 0.6) is 0 Å². The highest BCUT2D eigenvalue weighted by Gasteiger charge is 2.27. The van der Waals surface area contributed by atoms with Crippen LogP contribution in [0, 0.1) is 23.8 Å². The van der Waals surface area contributed by atoms with Crippen molar-refractivity contribution in [2.75, 3.05) is 19.0 Å². The van der Waals surface area contributed by atoms with Crippen LogP contribution in [0.2, 0.25) is 0 Å². The summed E-state index contributed by atoms with van der Waals surface area (Å²) in [7, 11) is 3.06. The lowest BCUT2D eigenvalue weighted by Crippen LogP contribution is -2.13. The number of nitrogens with zero attached hydrogens (tertiary/aromatic N) is 3. The van der Waals surface area contributed by atoms with Crippen molar-refractivity contribution in [2.45, 2.75) is 0 Å². The first kappa shape index (κ1) is 12.6. The maximum Gasteiger partial charge on any atom is 0.300 e. The molecule has 0 unspecified atom stereocenters. The van der Waals surface area contributed by atoms with Gasteiger partial charge >= 0.3 is 11.4 Å². The van der Waals surface area contributed by atoms with E-state index in [2.05, 4.69) is 0 Å². The number of anilines is 1. The van der Waals surface area contributed by atoms with Crippen LogP contribution in [0.25, 0.3) is 0 Å². The smallest absolute Gasteiger partial charge is 0.300 e. The van der Waals surface area contributed by atoms with Crippen LogP contribution in [-0.2, 0) is 0 Å². The van der Waals surface area contributed by atoms with Gasteiger partial charge in [-0.25, -0.2) is 0 Å². The second-order valence-electron chi connectivity index (χ2n) is 3.20. The number of hydrogen-bond donors (Lipinski definition) is 0. The van der Waals surface area contributed by atoms with Crippen LogP contribution >= 0.6 is 22.6 Å². The van der Waals surface area contributed by atoms with Gasteiger partial charge in [-0.15, -0.1) is 0 Å². The van der Waals surface area contributed by atoms with E-state index < -0.39 is 9.85 Å². The van der Waals surface area contributed by atoms with Crippen molar-refractivity contribution in [1.82, 2.24) is 0 Å². The number of nitro benzene ring substituents is 2. The normalized spacial score (nSPS) is 9.94. The topological polar surface area (TPSA) is 89.5 Å². The molecule has 0 aliphatic carbocycles. The monoisotopic (exact) mass is 337 g/mol. The number of benzene rings is 1. The highest BCUT2D eigenvalue weighted by molar-refractivity contribution is 14.1. The lowest BCUT2D eigenvalue weighted by atomic mass is 10.2. The van der Waals surface area contributed by atoms with Gasteiger partial charge in [0.2, 0.25) is 0 Å². The first-order valence-electron chi connectivity index (χ1n) is 4.14. The molecule has 0 N–H and O–H groups in total. The summed E-state index contributed by atoms with van der Waals surface area (Å²) in [5.74, 6) is 0. The fraction of sp³-hybridized carbons (Fsp3) is 0.250. The molecule has 7 nitrogen and oxygen atoms in total. The molecular weight excluding hydrogens is 329 g/mol. The van der Waals surface area contributed by atoms with Gasteiger partial charge in [-0.1, -0.05) is 0 Å². The van der Waals surface area contributed by atoms with E-state index in [4.69, 9.17) is 0 Å². The molecule has 0 atom stereocenters. The van der Waals surface area contributed by atoms with Gasteiger partial charge in [0.05, 0.1) is 9.85 Å². The molecular formula is C8H8IN3O4. The van der Waals surface area contributed by atoms with E-state index in [0.29, 0.717) is 3.57 Å². The Bertz CT molecular complexity index is 426. The highest BCUT2D eigenvalue weighted by atomic mass is 127. The average molecular weight is 337 g/mol. The Balaban J connectivity index is 3.60. The van der Waals surface area contributed by atoms with E-state index in [0.717, 1.165) is 0 Å². The molecule has 86 valence electrons. The molecule has 0 fully saturated rings. The maximum absolute atomic E-state index is 10.8. The van der Waals surface area contributed by atoms with Crippen LogP contribution in [0.3, 0.4) is 0 Å². The van der Waals surface area contributed by atoms with Crippen molar-refractivity contribution in [3.05, 3.63) is 35.9 Å². The molecule has 0 aliphatic heterocycles. The summed E-state index contributed by atoms with van der Waals surface area (Å²) in [6.07, 6.45) is 0. The minimum Gasteiger partial charge on any atom is -0.366 e. The van der Waals surface area contributed by atoms with Crippen molar-refractivity contribution in [2.24, 2.45) is 0 Å². The van der Waals surface area contributed by atoms with E-state index in [-0.39, 0.29) is 17.1 Å². The molecule has 0 amide bonds. The second-order valence-corrected chi connectivity index (χ2v) is 4.45. The molecule has 16 heavy (non-hydrogen) atoms. The molecule has 1 rings (SSSR count). The number of nitro groups is 2. The van der Waals surface area contributed by atoms with Crippen molar-refractivity contribution >= 4 is 39.7 Å². The zero-order valence-corrected chi connectivity index (χ0v) is 10.7. The zero-order valence-electron chi connectivity index (χ0n) is 8.51. The predicted molar refractivity (Wildman–Crippen MR) is 66.8 cm³/mol. The minimum absolute atomic E-state index is 0.00964. The van der Waals surface area contributed by atoms with Gasteiger partial charge in [-0.05, 0) is 22.6 Å². The molecule has 0 aliphatic rings. The fourth-order valence-corrected chi connectivity index (χ4v) is 1.90. The average Bonchev–Trinajstić information content (AvgIpc) is 2.15. The summed E-state index contributed by atoms with van der Waals surface area (Å²) in [5.41, 5.74) is -0.511. The summed E-state index contributed by atoms with van der Waals surface area (Å²) in [4.78, 5) is 21.7. The van der Waals surface area contributed by atoms with Crippen LogP contribution in [0.15, 0.2) is 12.1 Å². The Morgan fingerprint density at radius 2 is 1.50 bits per heavy atom. The Morgan fingerprint density at radius 3 is 1.75 bits per heavy atom. The number of halogens is 1. The summed E-state index contributed by atoms with van der Waals surface area (Å²) < 4.78 is 0.460. The fourth-order valence-electron chi connectivity index (χ4n) is 1.31. The third kappa shape index (κ3) is 2.38. The summed E-state index contributed by atoms with van der Waals surface area (Å²) in [6.45, 7) is 0. The molecule has 0 spiro atoms. The van der Waals surface area contributed by atoms with Gasteiger partial charge < -0.3 is 4.90 Å². The molecule has 0 aromatic heterocycles. The largest absolute Gasteiger partial charge is 0.366 e. The van der Waals surface area contributed by atoms with Gasteiger partial charge in [0.15, 0.2) is 5.69 Å². The van der Waals surface area contributed by atoms with Crippen LogP contribution in [-0.4, -0.2) is 23.9 Å². The van der Waals surface area contributed by atoms with Crippen LogP contribution in [0.4, 0.5) is 17.1 Å². The van der Waals surface area contributed by atoms with Crippen molar-refractivity contribution in [1.29, 1.82) is 0 Å². The van der Waals surface area contributed by atoms with E-state index >= 15 is 0 Å². The highest BCUT2D eigenvalue weighted by Crippen LogP contribution is 2.37.